The topological polar surface area (TPSA) is 64.8 Å². The summed E-state index contributed by atoms with van der Waals surface area (Å²) >= 11 is 0. The number of rotatable bonds is 6. The molecule has 0 aliphatic rings. The van der Waals surface area contributed by atoms with Crippen LogP contribution in [0.4, 0.5) is 5.82 Å². The maximum Gasteiger partial charge on any atom is 0.182 e. The summed E-state index contributed by atoms with van der Waals surface area (Å²) in [5.41, 5.74) is 1.61. The van der Waals surface area contributed by atoms with Crippen LogP contribution in [-0.2, 0) is 6.54 Å². The number of nitrogens with zero attached hydrogens (tertiary/aromatic N) is 4. The molecule has 1 aromatic heterocycles. The molecule has 0 aliphatic carbocycles. The molecule has 0 bridgehead atoms. The van der Waals surface area contributed by atoms with E-state index >= 15 is 0 Å². The van der Waals surface area contributed by atoms with Gasteiger partial charge in [-0.05, 0) is 19.5 Å². The van der Waals surface area contributed by atoms with E-state index in [1.807, 2.05) is 24.3 Å². The van der Waals surface area contributed by atoms with Crippen LogP contribution in [0.2, 0.25) is 0 Å². The number of nitrogens with one attached hydrogen (secondary N) is 1. The number of nitriles is 1. The standard InChI is InChI=1S/C16H19N5/c1-13(20-16-15(10-17)18-8-9-19-16)11-21(2)12-14-6-4-3-5-7-14/h3-9,13H,11-12H2,1-2H3,(H,19,20). The van der Waals surface area contributed by atoms with Crippen molar-refractivity contribution in [3.05, 3.63) is 54.0 Å². The third-order valence-electron chi connectivity index (χ3n) is 3.07. The SMILES string of the molecule is CC(CN(C)Cc1ccccc1)Nc1nccnc1C#N. The van der Waals surface area contributed by atoms with Gasteiger partial charge >= 0.3 is 0 Å². The zero-order valence-corrected chi connectivity index (χ0v) is 12.3. The predicted molar refractivity (Wildman–Crippen MR) is 82.6 cm³/mol. The van der Waals surface area contributed by atoms with Crippen LogP contribution in [0.5, 0.6) is 0 Å². The maximum atomic E-state index is 9.01. The summed E-state index contributed by atoms with van der Waals surface area (Å²) in [6.07, 6.45) is 3.11. The molecule has 1 heterocycles. The van der Waals surface area contributed by atoms with Crippen LogP contribution in [0.1, 0.15) is 18.2 Å². The highest BCUT2D eigenvalue weighted by molar-refractivity contribution is 5.47. The number of benzene rings is 1. The van der Waals surface area contributed by atoms with Gasteiger partial charge in [0.25, 0.3) is 0 Å². The molecule has 1 atom stereocenters. The molecule has 0 aliphatic heterocycles. The Morgan fingerprint density at radius 1 is 1.24 bits per heavy atom. The number of likely N-dealkylation sites (N-methyl/N-ethyl adjacent to an activating group) is 1. The molecule has 0 amide bonds. The molecule has 5 heteroatoms. The summed E-state index contributed by atoms with van der Waals surface area (Å²) < 4.78 is 0. The van der Waals surface area contributed by atoms with E-state index in [4.69, 9.17) is 5.26 Å². The molecule has 108 valence electrons. The lowest BCUT2D eigenvalue weighted by atomic mass is 10.2. The van der Waals surface area contributed by atoms with Gasteiger partial charge < -0.3 is 10.2 Å². The first-order chi connectivity index (χ1) is 10.2. The lowest BCUT2D eigenvalue weighted by Crippen LogP contribution is -2.32. The molecule has 2 aromatic rings. The van der Waals surface area contributed by atoms with Gasteiger partial charge in [0.2, 0.25) is 0 Å². The van der Waals surface area contributed by atoms with Crippen molar-refractivity contribution in [2.75, 3.05) is 18.9 Å². The molecule has 0 saturated heterocycles. The van der Waals surface area contributed by atoms with Crippen molar-refractivity contribution < 1.29 is 0 Å². The second-order valence-electron chi connectivity index (χ2n) is 5.09. The quantitative estimate of drug-likeness (QED) is 0.880. The van der Waals surface area contributed by atoms with Crippen molar-refractivity contribution in [3.63, 3.8) is 0 Å². The molecule has 1 N–H and O–H groups in total. The van der Waals surface area contributed by atoms with Gasteiger partial charge in [0.1, 0.15) is 6.07 Å². The molecule has 21 heavy (non-hydrogen) atoms. The Morgan fingerprint density at radius 2 is 1.95 bits per heavy atom. The number of anilines is 1. The normalized spacial score (nSPS) is 11.9. The first kappa shape index (κ1) is 14.9. The van der Waals surface area contributed by atoms with Crippen molar-refractivity contribution in [1.29, 1.82) is 5.26 Å². The van der Waals surface area contributed by atoms with E-state index < -0.39 is 0 Å². The highest BCUT2D eigenvalue weighted by Crippen LogP contribution is 2.09. The summed E-state index contributed by atoms with van der Waals surface area (Å²) in [6.45, 7) is 3.80. The second kappa shape index (κ2) is 7.36. The fourth-order valence-corrected chi connectivity index (χ4v) is 2.23. The third-order valence-corrected chi connectivity index (χ3v) is 3.07. The number of hydrogen-bond acceptors (Lipinski definition) is 5. The Labute approximate surface area is 125 Å². The van der Waals surface area contributed by atoms with E-state index in [1.165, 1.54) is 11.8 Å². The zero-order valence-electron chi connectivity index (χ0n) is 12.3. The highest BCUT2D eigenvalue weighted by atomic mass is 15.1. The van der Waals surface area contributed by atoms with Gasteiger partial charge in [0, 0.05) is 31.5 Å². The smallest absolute Gasteiger partial charge is 0.182 e. The predicted octanol–water partition coefficient (Wildman–Crippen LogP) is 2.28. The van der Waals surface area contributed by atoms with Gasteiger partial charge in [-0.15, -0.1) is 0 Å². The lowest BCUT2D eigenvalue weighted by molar-refractivity contribution is 0.316. The average Bonchev–Trinajstić information content (AvgIpc) is 2.48. The van der Waals surface area contributed by atoms with Gasteiger partial charge in [-0.1, -0.05) is 30.3 Å². The second-order valence-corrected chi connectivity index (χ2v) is 5.09. The van der Waals surface area contributed by atoms with Crippen molar-refractivity contribution >= 4 is 5.82 Å². The minimum absolute atomic E-state index is 0.169. The molecule has 1 aromatic carbocycles. The number of aromatic nitrogens is 2. The third kappa shape index (κ3) is 4.55. The van der Waals surface area contributed by atoms with Gasteiger partial charge in [-0.3, -0.25) is 0 Å². The minimum Gasteiger partial charge on any atom is -0.364 e. The Balaban J connectivity index is 1.89. The Hall–Kier alpha value is -2.45. The van der Waals surface area contributed by atoms with E-state index in [1.54, 1.807) is 6.20 Å². The van der Waals surface area contributed by atoms with E-state index in [9.17, 15) is 0 Å². The van der Waals surface area contributed by atoms with Crippen LogP contribution in [0, 0.1) is 11.3 Å². The van der Waals surface area contributed by atoms with Crippen molar-refractivity contribution in [1.82, 2.24) is 14.9 Å². The van der Waals surface area contributed by atoms with Crippen LogP contribution in [0.25, 0.3) is 0 Å². The Kier molecular flexibility index (Phi) is 5.24. The summed E-state index contributed by atoms with van der Waals surface area (Å²) in [6, 6.07) is 12.6. The molecule has 0 spiro atoms. The van der Waals surface area contributed by atoms with E-state index in [0.29, 0.717) is 11.5 Å². The van der Waals surface area contributed by atoms with Crippen LogP contribution in [0.15, 0.2) is 42.7 Å². The van der Waals surface area contributed by atoms with E-state index in [0.717, 1.165) is 13.1 Å². The Bertz CT molecular complexity index is 606. The van der Waals surface area contributed by atoms with Crippen LogP contribution in [0.3, 0.4) is 0 Å². The zero-order chi connectivity index (χ0) is 15.1. The van der Waals surface area contributed by atoms with Gasteiger partial charge in [-0.2, -0.15) is 5.26 Å². The Morgan fingerprint density at radius 3 is 2.67 bits per heavy atom. The van der Waals surface area contributed by atoms with E-state index in [2.05, 4.69) is 46.3 Å². The van der Waals surface area contributed by atoms with Gasteiger partial charge in [-0.25, -0.2) is 9.97 Å². The minimum atomic E-state index is 0.169. The molecule has 0 fully saturated rings. The maximum absolute atomic E-state index is 9.01. The fourth-order valence-electron chi connectivity index (χ4n) is 2.23. The van der Waals surface area contributed by atoms with Crippen molar-refractivity contribution in [2.24, 2.45) is 0 Å². The first-order valence-corrected chi connectivity index (χ1v) is 6.89. The molecule has 5 nitrogen and oxygen atoms in total. The van der Waals surface area contributed by atoms with Gasteiger partial charge in [0.15, 0.2) is 11.5 Å². The molecule has 2 rings (SSSR count). The van der Waals surface area contributed by atoms with E-state index in [-0.39, 0.29) is 6.04 Å². The molecular formula is C16H19N5. The van der Waals surface area contributed by atoms with Crippen LogP contribution < -0.4 is 5.32 Å². The molecule has 1 unspecified atom stereocenters. The highest BCUT2D eigenvalue weighted by Gasteiger charge is 2.10. The van der Waals surface area contributed by atoms with Crippen molar-refractivity contribution in [2.45, 2.75) is 19.5 Å². The van der Waals surface area contributed by atoms with Crippen molar-refractivity contribution in [3.8, 4) is 6.07 Å². The summed E-state index contributed by atoms with van der Waals surface area (Å²) in [5, 5.41) is 12.2. The monoisotopic (exact) mass is 281 g/mol. The largest absolute Gasteiger partial charge is 0.364 e. The van der Waals surface area contributed by atoms with Crippen LogP contribution in [-0.4, -0.2) is 34.5 Å². The first-order valence-electron chi connectivity index (χ1n) is 6.89. The van der Waals surface area contributed by atoms with Gasteiger partial charge in [0.05, 0.1) is 0 Å². The fraction of sp³-hybridized carbons (Fsp3) is 0.312. The lowest BCUT2D eigenvalue weighted by Gasteiger charge is -2.22. The summed E-state index contributed by atoms with van der Waals surface area (Å²) in [7, 11) is 2.08. The molecular weight excluding hydrogens is 262 g/mol. The molecule has 0 radical (unpaired) electrons. The number of hydrogen-bond donors (Lipinski definition) is 1. The van der Waals surface area contributed by atoms with Crippen LogP contribution >= 0.6 is 0 Å². The summed E-state index contributed by atoms with van der Waals surface area (Å²) in [5.74, 6) is 0.542. The molecule has 0 saturated carbocycles. The summed E-state index contributed by atoms with van der Waals surface area (Å²) in [4.78, 5) is 10.4. The average molecular weight is 281 g/mol.